The lowest BCUT2D eigenvalue weighted by molar-refractivity contribution is -0.125. The molecule has 0 bridgehead atoms. The zero-order valence-corrected chi connectivity index (χ0v) is 16.4. The molecule has 0 aliphatic rings. The molecule has 3 N–H and O–H groups in total. The highest BCUT2D eigenvalue weighted by Crippen LogP contribution is 2.30. The van der Waals surface area contributed by atoms with Crippen molar-refractivity contribution in [2.75, 3.05) is 11.9 Å². The second kappa shape index (κ2) is 7.84. The zero-order valence-electron chi connectivity index (χ0n) is 14.9. The maximum absolute atomic E-state index is 12.3. The molecule has 3 aromatic heterocycles. The van der Waals surface area contributed by atoms with Crippen molar-refractivity contribution in [2.24, 2.45) is 0 Å². The summed E-state index contributed by atoms with van der Waals surface area (Å²) >= 11 is 12.2. The molecule has 11 heteroatoms. The van der Waals surface area contributed by atoms with Gasteiger partial charge in [0.2, 0.25) is 5.91 Å². The number of alkyl halides is 2. The summed E-state index contributed by atoms with van der Waals surface area (Å²) in [6.07, 6.45) is 1.94. The molecule has 0 aromatic carbocycles. The van der Waals surface area contributed by atoms with E-state index in [4.69, 9.17) is 23.2 Å². The molecule has 28 heavy (non-hydrogen) atoms. The standard InChI is InChI=1S/C17H16Cl2F2N6O/c1-17(2,16(28)25-7-12(20)21)27-15-11(19)6-24-14(26-15)10-5-23-13-9(10)3-8(18)4-22-13/h3-6,12H,7H2,1-2H3,(H,22,23)(H,25,28)(H,24,26,27). The van der Waals surface area contributed by atoms with Crippen LogP contribution in [0.1, 0.15) is 13.8 Å². The summed E-state index contributed by atoms with van der Waals surface area (Å²) in [7, 11) is 0. The van der Waals surface area contributed by atoms with Gasteiger partial charge in [-0.25, -0.2) is 23.7 Å². The molecule has 148 valence electrons. The third-order valence-electron chi connectivity index (χ3n) is 3.90. The Kier molecular flexibility index (Phi) is 5.66. The summed E-state index contributed by atoms with van der Waals surface area (Å²) in [5.74, 6) is -0.105. The van der Waals surface area contributed by atoms with Crippen molar-refractivity contribution in [1.82, 2.24) is 25.3 Å². The van der Waals surface area contributed by atoms with E-state index >= 15 is 0 Å². The van der Waals surface area contributed by atoms with Crippen molar-refractivity contribution >= 4 is 46.0 Å². The lowest BCUT2D eigenvalue weighted by Gasteiger charge is -2.26. The van der Waals surface area contributed by atoms with Crippen molar-refractivity contribution < 1.29 is 13.6 Å². The smallest absolute Gasteiger partial charge is 0.255 e. The molecule has 3 heterocycles. The molecule has 0 spiro atoms. The van der Waals surface area contributed by atoms with Gasteiger partial charge in [0.25, 0.3) is 6.43 Å². The maximum Gasteiger partial charge on any atom is 0.255 e. The van der Waals surface area contributed by atoms with Crippen LogP contribution in [-0.2, 0) is 4.79 Å². The Bertz CT molecular complexity index is 1020. The van der Waals surface area contributed by atoms with Gasteiger partial charge >= 0.3 is 0 Å². The first-order chi connectivity index (χ1) is 13.2. The highest BCUT2D eigenvalue weighted by Gasteiger charge is 2.29. The van der Waals surface area contributed by atoms with Crippen LogP contribution in [0, 0.1) is 0 Å². The number of pyridine rings is 1. The lowest BCUT2D eigenvalue weighted by Crippen LogP contribution is -2.49. The molecule has 0 saturated carbocycles. The fourth-order valence-corrected chi connectivity index (χ4v) is 2.79. The molecule has 0 saturated heterocycles. The summed E-state index contributed by atoms with van der Waals surface area (Å²) in [4.78, 5) is 28.0. The molecular weight excluding hydrogens is 413 g/mol. The first-order valence-corrected chi connectivity index (χ1v) is 8.93. The SMILES string of the molecule is CC(C)(Nc1nc(-c2c[nH]c3ncc(Cl)cc23)ncc1Cl)C(=O)NCC(F)F. The van der Waals surface area contributed by atoms with Crippen LogP contribution in [0.2, 0.25) is 10.0 Å². The number of fused-ring (bicyclic) bond motifs is 1. The third kappa shape index (κ3) is 4.31. The highest BCUT2D eigenvalue weighted by atomic mass is 35.5. The number of hydrogen-bond acceptors (Lipinski definition) is 5. The average molecular weight is 429 g/mol. The molecule has 7 nitrogen and oxygen atoms in total. The number of carbonyl (C=O) groups excluding carboxylic acids is 1. The second-order valence-corrected chi connectivity index (χ2v) is 7.34. The minimum atomic E-state index is -2.64. The van der Waals surface area contributed by atoms with Gasteiger partial charge in [-0.3, -0.25) is 4.79 Å². The molecule has 1 amide bonds. The number of anilines is 1. The second-order valence-electron chi connectivity index (χ2n) is 6.49. The topological polar surface area (TPSA) is 95.6 Å². The Hall–Kier alpha value is -2.52. The number of amides is 1. The maximum atomic E-state index is 12.3. The van der Waals surface area contributed by atoms with E-state index in [1.807, 2.05) is 0 Å². The first kappa shape index (κ1) is 20.2. The number of nitrogens with zero attached hydrogens (tertiary/aromatic N) is 3. The molecule has 0 radical (unpaired) electrons. The summed E-state index contributed by atoms with van der Waals surface area (Å²) < 4.78 is 24.7. The van der Waals surface area contributed by atoms with Crippen LogP contribution in [-0.4, -0.2) is 44.4 Å². The Balaban J connectivity index is 1.91. The van der Waals surface area contributed by atoms with E-state index in [2.05, 4.69) is 30.6 Å². The molecule has 0 atom stereocenters. The number of rotatable bonds is 6. The average Bonchev–Trinajstić information content (AvgIpc) is 3.04. The summed E-state index contributed by atoms with van der Waals surface area (Å²) in [6, 6.07) is 1.72. The predicted molar refractivity (Wildman–Crippen MR) is 104 cm³/mol. The minimum Gasteiger partial charge on any atom is -0.355 e. The van der Waals surface area contributed by atoms with E-state index in [0.29, 0.717) is 22.1 Å². The van der Waals surface area contributed by atoms with E-state index in [0.717, 1.165) is 5.39 Å². The number of H-pyrrole nitrogens is 1. The van der Waals surface area contributed by atoms with Crippen LogP contribution in [0.25, 0.3) is 22.4 Å². The van der Waals surface area contributed by atoms with Crippen molar-refractivity contribution in [1.29, 1.82) is 0 Å². The Labute approximate surface area is 168 Å². The minimum absolute atomic E-state index is 0.175. The van der Waals surface area contributed by atoms with Gasteiger partial charge < -0.3 is 15.6 Å². The molecule has 3 rings (SSSR count). The van der Waals surface area contributed by atoms with Gasteiger partial charge in [0.15, 0.2) is 5.82 Å². The van der Waals surface area contributed by atoms with Crippen molar-refractivity contribution in [2.45, 2.75) is 25.8 Å². The largest absolute Gasteiger partial charge is 0.355 e. The van der Waals surface area contributed by atoms with Gasteiger partial charge in [0.1, 0.15) is 22.0 Å². The number of carbonyl (C=O) groups is 1. The molecule has 3 aromatic rings. The summed E-state index contributed by atoms with van der Waals surface area (Å²) in [6.45, 7) is 2.32. The third-order valence-corrected chi connectivity index (χ3v) is 4.38. The molecule has 0 unspecified atom stereocenters. The monoisotopic (exact) mass is 428 g/mol. The fraction of sp³-hybridized carbons (Fsp3) is 0.294. The number of nitrogens with one attached hydrogen (secondary N) is 3. The fourth-order valence-electron chi connectivity index (χ4n) is 2.49. The molecular formula is C17H16Cl2F2N6O. The quantitative estimate of drug-likeness (QED) is 0.553. The molecule has 0 fully saturated rings. The number of aromatic nitrogens is 4. The Morgan fingerprint density at radius 3 is 2.75 bits per heavy atom. The van der Waals surface area contributed by atoms with Crippen molar-refractivity contribution in [3.8, 4) is 11.4 Å². The summed E-state index contributed by atoms with van der Waals surface area (Å²) in [5.41, 5.74) is 0.0127. The van der Waals surface area contributed by atoms with Crippen LogP contribution in [0.4, 0.5) is 14.6 Å². The van der Waals surface area contributed by atoms with Gasteiger partial charge in [0.05, 0.1) is 17.8 Å². The van der Waals surface area contributed by atoms with Crippen LogP contribution in [0.5, 0.6) is 0 Å². The van der Waals surface area contributed by atoms with E-state index in [-0.39, 0.29) is 10.8 Å². The highest BCUT2D eigenvalue weighted by molar-refractivity contribution is 6.33. The van der Waals surface area contributed by atoms with Crippen LogP contribution >= 0.6 is 23.2 Å². The van der Waals surface area contributed by atoms with E-state index in [1.54, 1.807) is 12.3 Å². The van der Waals surface area contributed by atoms with Crippen LogP contribution in [0.15, 0.2) is 24.7 Å². The van der Waals surface area contributed by atoms with Crippen LogP contribution in [0.3, 0.4) is 0 Å². The lowest BCUT2D eigenvalue weighted by atomic mass is 10.0. The van der Waals surface area contributed by atoms with E-state index in [9.17, 15) is 13.6 Å². The summed E-state index contributed by atoms with van der Waals surface area (Å²) in [5, 5.41) is 6.40. The number of aromatic amines is 1. The van der Waals surface area contributed by atoms with Crippen LogP contribution < -0.4 is 10.6 Å². The zero-order chi connectivity index (χ0) is 20.5. The van der Waals surface area contributed by atoms with Gasteiger partial charge in [-0.15, -0.1) is 0 Å². The van der Waals surface area contributed by atoms with Crippen molar-refractivity contribution in [3.05, 3.63) is 34.7 Å². The number of hydrogen-bond donors (Lipinski definition) is 3. The van der Waals surface area contributed by atoms with E-state index < -0.39 is 24.4 Å². The predicted octanol–water partition coefficient (Wildman–Crippen LogP) is 3.90. The normalized spacial score (nSPS) is 11.8. The van der Waals surface area contributed by atoms with Gasteiger partial charge in [-0.2, -0.15) is 0 Å². The molecule has 0 aliphatic carbocycles. The first-order valence-electron chi connectivity index (χ1n) is 8.17. The Morgan fingerprint density at radius 2 is 2.04 bits per heavy atom. The molecule has 0 aliphatic heterocycles. The Morgan fingerprint density at radius 1 is 1.29 bits per heavy atom. The van der Waals surface area contributed by atoms with Crippen molar-refractivity contribution in [3.63, 3.8) is 0 Å². The van der Waals surface area contributed by atoms with E-state index in [1.165, 1.54) is 26.2 Å². The number of halogens is 4. The van der Waals surface area contributed by atoms with Gasteiger partial charge in [0, 0.05) is 23.3 Å². The van der Waals surface area contributed by atoms with Gasteiger partial charge in [-0.05, 0) is 19.9 Å². The van der Waals surface area contributed by atoms with Gasteiger partial charge in [-0.1, -0.05) is 23.2 Å².